The van der Waals surface area contributed by atoms with Crippen LogP contribution in [0.4, 0.5) is 14.5 Å². The summed E-state index contributed by atoms with van der Waals surface area (Å²) in [4.78, 5) is 23.0. The molecule has 2 aromatic rings. The zero-order valence-electron chi connectivity index (χ0n) is 10.5. The summed E-state index contributed by atoms with van der Waals surface area (Å²) in [6, 6.07) is 7.43. The monoisotopic (exact) mass is 354 g/mol. The first kappa shape index (κ1) is 15.1. The highest BCUT2D eigenvalue weighted by atomic mass is 79.9. The zero-order valence-corrected chi connectivity index (χ0v) is 12.1. The predicted molar refractivity (Wildman–Crippen MR) is 77.0 cm³/mol. The van der Waals surface area contributed by atoms with Gasteiger partial charge in [-0.15, -0.1) is 0 Å². The average Bonchev–Trinajstić information content (AvgIpc) is 2.43. The van der Waals surface area contributed by atoms with E-state index in [1.807, 2.05) is 0 Å². The number of hydrogen-bond donors (Lipinski definition) is 2. The van der Waals surface area contributed by atoms with Gasteiger partial charge in [-0.3, -0.25) is 9.59 Å². The van der Waals surface area contributed by atoms with Gasteiger partial charge in [0.05, 0.1) is 15.7 Å². The Bertz CT molecular complexity index is 735. The van der Waals surface area contributed by atoms with Crippen molar-refractivity contribution >= 4 is 33.4 Å². The Balaban J connectivity index is 2.33. The number of nitrogens with two attached hydrogens (primary N) is 1. The second kappa shape index (κ2) is 6.01. The highest BCUT2D eigenvalue weighted by Gasteiger charge is 2.16. The number of benzene rings is 2. The highest BCUT2D eigenvalue weighted by molar-refractivity contribution is 9.10. The van der Waals surface area contributed by atoms with Gasteiger partial charge in [-0.05, 0) is 46.3 Å². The molecule has 2 aromatic carbocycles. The number of anilines is 1. The third-order valence-electron chi connectivity index (χ3n) is 2.70. The van der Waals surface area contributed by atoms with Crippen LogP contribution in [0.2, 0.25) is 0 Å². The number of carbonyl (C=O) groups is 2. The van der Waals surface area contributed by atoms with Crippen molar-refractivity contribution in [1.29, 1.82) is 0 Å². The number of nitrogens with one attached hydrogen (secondary N) is 1. The third kappa shape index (κ3) is 3.25. The van der Waals surface area contributed by atoms with Crippen LogP contribution >= 0.6 is 15.9 Å². The summed E-state index contributed by atoms with van der Waals surface area (Å²) in [7, 11) is 0. The maximum atomic E-state index is 13.8. The number of carbonyl (C=O) groups excluding carboxylic acids is 2. The van der Waals surface area contributed by atoms with Gasteiger partial charge in [0.15, 0.2) is 0 Å². The molecule has 3 N–H and O–H groups in total. The first-order valence-corrected chi connectivity index (χ1v) is 6.54. The molecule has 2 amide bonds. The minimum atomic E-state index is -0.839. The van der Waals surface area contributed by atoms with Gasteiger partial charge in [-0.1, -0.05) is 6.07 Å². The molecule has 0 saturated carbocycles. The molecule has 0 atom stereocenters. The fourth-order valence-corrected chi connectivity index (χ4v) is 2.01. The van der Waals surface area contributed by atoms with E-state index in [1.165, 1.54) is 24.3 Å². The van der Waals surface area contributed by atoms with Gasteiger partial charge in [-0.25, -0.2) is 8.78 Å². The quantitative estimate of drug-likeness (QED) is 0.888. The van der Waals surface area contributed by atoms with Crippen LogP contribution in [-0.4, -0.2) is 11.8 Å². The van der Waals surface area contributed by atoms with Crippen molar-refractivity contribution in [3.8, 4) is 0 Å². The van der Waals surface area contributed by atoms with Crippen molar-refractivity contribution in [2.24, 2.45) is 5.73 Å². The van der Waals surface area contributed by atoms with Gasteiger partial charge in [0, 0.05) is 5.56 Å². The second-order valence-electron chi connectivity index (χ2n) is 4.11. The molecule has 0 unspecified atom stereocenters. The van der Waals surface area contributed by atoms with E-state index in [-0.39, 0.29) is 21.3 Å². The summed E-state index contributed by atoms with van der Waals surface area (Å²) in [5.41, 5.74) is 4.60. The van der Waals surface area contributed by atoms with Gasteiger partial charge in [0.1, 0.15) is 11.6 Å². The molecule has 0 aliphatic heterocycles. The van der Waals surface area contributed by atoms with Crippen molar-refractivity contribution in [2.45, 2.75) is 0 Å². The van der Waals surface area contributed by atoms with Crippen LogP contribution in [0.5, 0.6) is 0 Å². The summed E-state index contributed by atoms with van der Waals surface area (Å²) in [6.45, 7) is 0. The van der Waals surface area contributed by atoms with Crippen LogP contribution in [0.15, 0.2) is 40.9 Å². The Hall–Kier alpha value is -2.28. The van der Waals surface area contributed by atoms with Gasteiger partial charge in [0.2, 0.25) is 5.91 Å². The standard InChI is InChI=1S/C14H9BrF2N2O2/c15-9-3-1-2-8(12(9)17)14(21)19-11-6-7(13(18)20)4-5-10(11)16/h1-6H,(H2,18,20)(H,19,21). The van der Waals surface area contributed by atoms with Crippen LogP contribution < -0.4 is 11.1 Å². The Morgan fingerprint density at radius 3 is 2.52 bits per heavy atom. The van der Waals surface area contributed by atoms with E-state index in [0.29, 0.717) is 0 Å². The van der Waals surface area contributed by atoms with Crippen molar-refractivity contribution in [2.75, 3.05) is 5.32 Å². The summed E-state index contributed by atoms with van der Waals surface area (Å²) in [5.74, 6) is -3.13. The fourth-order valence-electron chi connectivity index (χ4n) is 1.64. The lowest BCUT2D eigenvalue weighted by Crippen LogP contribution is -2.16. The highest BCUT2D eigenvalue weighted by Crippen LogP contribution is 2.21. The van der Waals surface area contributed by atoms with E-state index < -0.39 is 23.4 Å². The lowest BCUT2D eigenvalue weighted by atomic mass is 10.1. The van der Waals surface area contributed by atoms with Crippen molar-refractivity contribution in [1.82, 2.24) is 0 Å². The number of halogens is 3. The fraction of sp³-hybridized carbons (Fsp3) is 0. The maximum Gasteiger partial charge on any atom is 0.258 e. The number of rotatable bonds is 3. The lowest BCUT2D eigenvalue weighted by Gasteiger charge is -2.09. The van der Waals surface area contributed by atoms with Crippen molar-refractivity contribution in [3.63, 3.8) is 0 Å². The number of primary amides is 1. The zero-order chi connectivity index (χ0) is 15.6. The average molecular weight is 355 g/mol. The van der Waals surface area contributed by atoms with E-state index in [9.17, 15) is 18.4 Å². The lowest BCUT2D eigenvalue weighted by molar-refractivity contribution is 0.0995. The first-order chi connectivity index (χ1) is 9.90. The molecule has 0 bridgehead atoms. The molecular weight excluding hydrogens is 346 g/mol. The molecule has 0 aromatic heterocycles. The largest absolute Gasteiger partial charge is 0.366 e. The predicted octanol–water partition coefficient (Wildman–Crippen LogP) is 3.08. The van der Waals surface area contributed by atoms with E-state index in [2.05, 4.69) is 21.2 Å². The number of hydrogen-bond acceptors (Lipinski definition) is 2. The topological polar surface area (TPSA) is 72.2 Å². The Labute approximate surface area is 127 Å². The van der Waals surface area contributed by atoms with Crippen LogP contribution in [0.1, 0.15) is 20.7 Å². The molecule has 108 valence electrons. The van der Waals surface area contributed by atoms with Gasteiger partial charge in [0.25, 0.3) is 5.91 Å². The minimum absolute atomic E-state index is 0.0291. The third-order valence-corrected chi connectivity index (χ3v) is 3.31. The maximum absolute atomic E-state index is 13.8. The van der Waals surface area contributed by atoms with Crippen LogP contribution in [0, 0.1) is 11.6 Å². The van der Waals surface area contributed by atoms with Crippen LogP contribution in [-0.2, 0) is 0 Å². The Morgan fingerprint density at radius 2 is 1.86 bits per heavy atom. The SMILES string of the molecule is NC(=O)c1ccc(F)c(NC(=O)c2cccc(Br)c2F)c1. The molecule has 0 heterocycles. The molecule has 0 aliphatic carbocycles. The molecular formula is C14H9BrF2N2O2. The molecule has 0 aliphatic rings. The molecule has 21 heavy (non-hydrogen) atoms. The molecule has 0 spiro atoms. The summed E-state index contributed by atoms with van der Waals surface area (Å²) >= 11 is 2.95. The summed E-state index contributed by atoms with van der Waals surface area (Å²) in [6.07, 6.45) is 0. The van der Waals surface area contributed by atoms with Crippen molar-refractivity contribution < 1.29 is 18.4 Å². The van der Waals surface area contributed by atoms with Gasteiger partial charge < -0.3 is 11.1 Å². The molecule has 0 saturated heterocycles. The summed E-state index contributed by atoms with van der Waals surface area (Å²) < 4.78 is 27.5. The van der Waals surface area contributed by atoms with E-state index in [1.54, 1.807) is 0 Å². The Morgan fingerprint density at radius 1 is 1.14 bits per heavy atom. The van der Waals surface area contributed by atoms with E-state index in [0.717, 1.165) is 12.1 Å². The molecule has 4 nitrogen and oxygen atoms in total. The number of amides is 2. The molecule has 2 rings (SSSR count). The molecule has 0 radical (unpaired) electrons. The van der Waals surface area contributed by atoms with Gasteiger partial charge >= 0.3 is 0 Å². The van der Waals surface area contributed by atoms with E-state index >= 15 is 0 Å². The summed E-state index contributed by atoms with van der Waals surface area (Å²) in [5, 5.41) is 2.21. The van der Waals surface area contributed by atoms with Gasteiger partial charge in [-0.2, -0.15) is 0 Å². The van der Waals surface area contributed by atoms with Crippen LogP contribution in [0.25, 0.3) is 0 Å². The van der Waals surface area contributed by atoms with Crippen molar-refractivity contribution in [3.05, 3.63) is 63.6 Å². The van der Waals surface area contributed by atoms with Crippen LogP contribution in [0.3, 0.4) is 0 Å². The smallest absolute Gasteiger partial charge is 0.258 e. The second-order valence-corrected chi connectivity index (χ2v) is 4.97. The Kier molecular flexibility index (Phi) is 4.32. The molecule has 7 heteroatoms. The van der Waals surface area contributed by atoms with E-state index in [4.69, 9.17) is 5.73 Å². The molecule has 0 fully saturated rings. The normalized spacial score (nSPS) is 10.2. The minimum Gasteiger partial charge on any atom is -0.366 e. The first-order valence-electron chi connectivity index (χ1n) is 5.75.